The summed E-state index contributed by atoms with van der Waals surface area (Å²) in [6.07, 6.45) is 0. The molecule has 2 rings (SSSR count). The number of amides is 1. The van der Waals surface area contributed by atoms with Crippen molar-refractivity contribution in [1.82, 2.24) is 0 Å². The fraction of sp³-hybridized carbons (Fsp3) is 0.133. The number of anilines is 2. The van der Waals surface area contributed by atoms with E-state index in [9.17, 15) is 4.79 Å². The second-order valence-corrected chi connectivity index (χ2v) is 5.93. The number of nitrogens with two attached hydrogens (primary N) is 1. The normalized spacial score (nSPS) is 10.4. The highest BCUT2D eigenvalue weighted by Crippen LogP contribution is 2.26. The monoisotopic (exact) mass is 352 g/mol. The highest BCUT2D eigenvalue weighted by Gasteiger charge is 2.13. The van der Waals surface area contributed by atoms with Crippen LogP contribution < -0.4 is 11.1 Å². The lowest BCUT2D eigenvalue weighted by molar-refractivity contribution is 0.102. The number of rotatable bonds is 2. The molecule has 0 saturated carbocycles. The highest BCUT2D eigenvalue weighted by molar-refractivity contribution is 9.10. The minimum absolute atomic E-state index is 0.238. The Morgan fingerprint density at radius 1 is 1.20 bits per heavy atom. The molecule has 2 aromatic rings. The van der Waals surface area contributed by atoms with Gasteiger partial charge in [-0.15, -0.1) is 0 Å². The van der Waals surface area contributed by atoms with Gasteiger partial charge in [-0.1, -0.05) is 27.5 Å². The number of aryl methyl sites for hydroxylation is 2. The molecule has 104 valence electrons. The summed E-state index contributed by atoms with van der Waals surface area (Å²) in [5.74, 6) is -0.238. The van der Waals surface area contributed by atoms with E-state index in [2.05, 4.69) is 21.2 Å². The van der Waals surface area contributed by atoms with E-state index in [1.807, 2.05) is 26.0 Å². The van der Waals surface area contributed by atoms with Crippen LogP contribution in [0, 0.1) is 13.8 Å². The smallest absolute Gasteiger partial charge is 0.257 e. The summed E-state index contributed by atoms with van der Waals surface area (Å²) in [5, 5.41) is 3.29. The van der Waals surface area contributed by atoms with Gasteiger partial charge in [-0.3, -0.25) is 4.79 Å². The number of benzene rings is 2. The fourth-order valence-electron chi connectivity index (χ4n) is 2.05. The molecule has 0 unspecified atom stereocenters. The number of carbonyl (C=O) groups is 1. The van der Waals surface area contributed by atoms with Crippen molar-refractivity contribution in [3.05, 3.63) is 56.5 Å². The Morgan fingerprint density at radius 3 is 2.35 bits per heavy atom. The van der Waals surface area contributed by atoms with Crippen LogP contribution in [0.15, 0.2) is 34.8 Å². The number of carbonyl (C=O) groups excluding carboxylic acids is 1. The Hall–Kier alpha value is -1.52. The van der Waals surface area contributed by atoms with Gasteiger partial charge >= 0.3 is 0 Å². The summed E-state index contributed by atoms with van der Waals surface area (Å²) in [6, 6.07) is 8.81. The van der Waals surface area contributed by atoms with Crippen molar-refractivity contribution in [3.8, 4) is 0 Å². The molecule has 0 heterocycles. The average Bonchev–Trinajstić information content (AvgIpc) is 2.33. The minimum atomic E-state index is -0.238. The van der Waals surface area contributed by atoms with Crippen molar-refractivity contribution < 1.29 is 4.79 Å². The van der Waals surface area contributed by atoms with Gasteiger partial charge in [0.25, 0.3) is 5.91 Å². The molecule has 0 spiro atoms. The van der Waals surface area contributed by atoms with E-state index in [4.69, 9.17) is 17.3 Å². The van der Waals surface area contributed by atoms with Crippen LogP contribution in [0.25, 0.3) is 0 Å². The summed E-state index contributed by atoms with van der Waals surface area (Å²) < 4.78 is 0.832. The summed E-state index contributed by atoms with van der Waals surface area (Å²) >= 11 is 9.40. The molecule has 2 aromatic carbocycles. The van der Waals surface area contributed by atoms with Crippen LogP contribution in [0.2, 0.25) is 5.02 Å². The third kappa shape index (κ3) is 3.14. The number of hydrogen-bond donors (Lipinski definition) is 2. The van der Waals surface area contributed by atoms with Gasteiger partial charge in [0.1, 0.15) is 0 Å². The first-order chi connectivity index (χ1) is 9.38. The zero-order valence-corrected chi connectivity index (χ0v) is 13.5. The Balaban J connectivity index is 2.33. The van der Waals surface area contributed by atoms with Gasteiger partial charge in [0.2, 0.25) is 0 Å². The molecule has 0 atom stereocenters. The third-order valence-corrected chi connectivity index (χ3v) is 3.78. The van der Waals surface area contributed by atoms with Crippen LogP contribution in [0.3, 0.4) is 0 Å². The molecule has 3 nitrogen and oxygen atoms in total. The lowest BCUT2D eigenvalue weighted by Gasteiger charge is -2.13. The fourth-order valence-corrected chi connectivity index (χ4v) is 2.81. The SMILES string of the molecule is Cc1cc(N)cc(C)c1NC(=O)c1ccc(Br)cc1Cl. The third-order valence-electron chi connectivity index (χ3n) is 2.97. The van der Waals surface area contributed by atoms with Crippen molar-refractivity contribution in [3.63, 3.8) is 0 Å². The van der Waals surface area contributed by atoms with Crippen LogP contribution in [0.1, 0.15) is 21.5 Å². The standard InChI is InChI=1S/C15H14BrClN2O/c1-8-5-11(18)6-9(2)14(8)19-15(20)12-4-3-10(16)7-13(12)17/h3-7H,18H2,1-2H3,(H,19,20). The molecular weight excluding hydrogens is 340 g/mol. The Bertz CT molecular complexity index is 663. The van der Waals surface area contributed by atoms with Crippen molar-refractivity contribution in [2.75, 3.05) is 11.1 Å². The first-order valence-corrected chi connectivity index (χ1v) is 7.18. The van der Waals surface area contributed by atoms with Gasteiger partial charge in [0, 0.05) is 15.8 Å². The van der Waals surface area contributed by atoms with E-state index in [0.717, 1.165) is 21.3 Å². The Kier molecular flexibility index (Phi) is 4.35. The Morgan fingerprint density at radius 2 is 1.80 bits per heavy atom. The molecule has 0 aliphatic rings. The largest absolute Gasteiger partial charge is 0.399 e. The van der Waals surface area contributed by atoms with Gasteiger partial charge in [0.15, 0.2) is 0 Å². The van der Waals surface area contributed by atoms with Crippen LogP contribution in [-0.4, -0.2) is 5.91 Å². The number of nitrogens with one attached hydrogen (secondary N) is 1. The van der Waals surface area contributed by atoms with Crippen LogP contribution in [0.4, 0.5) is 11.4 Å². The maximum atomic E-state index is 12.3. The molecular formula is C15H14BrClN2O. The molecule has 0 saturated heterocycles. The zero-order chi connectivity index (χ0) is 14.9. The topological polar surface area (TPSA) is 55.1 Å². The van der Waals surface area contributed by atoms with Crippen molar-refractivity contribution >= 4 is 44.8 Å². The number of halogens is 2. The molecule has 0 aromatic heterocycles. The predicted molar refractivity (Wildman–Crippen MR) is 87.4 cm³/mol. The molecule has 5 heteroatoms. The molecule has 3 N–H and O–H groups in total. The van der Waals surface area contributed by atoms with Gasteiger partial charge in [-0.25, -0.2) is 0 Å². The minimum Gasteiger partial charge on any atom is -0.399 e. The van der Waals surface area contributed by atoms with E-state index in [0.29, 0.717) is 16.3 Å². The van der Waals surface area contributed by atoms with Crippen molar-refractivity contribution in [2.24, 2.45) is 0 Å². The summed E-state index contributed by atoms with van der Waals surface area (Å²) in [6.45, 7) is 3.81. The second kappa shape index (κ2) is 5.85. The van der Waals surface area contributed by atoms with Gasteiger partial charge in [0.05, 0.1) is 10.6 Å². The molecule has 0 aliphatic heterocycles. The van der Waals surface area contributed by atoms with Crippen molar-refractivity contribution in [1.29, 1.82) is 0 Å². The zero-order valence-electron chi connectivity index (χ0n) is 11.1. The van der Waals surface area contributed by atoms with Gasteiger partial charge in [-0.2, -0.15) is 0 Å². The Labute approximate surface area is 131 Å². The summed E-state index contributed by atoms with van der Waals surface area (Å²) in [5.41, 5.74) is 9.50. The predicted octanol–water partition coefficient (Wildman–Crippen LogP) is 4.55. The highest BCUT2D eigenvalue weighted by atomic mass is 79.9. The number of hydrogen-bond acceptors (Lipinski definition) is 2. The van der Waals surface area contributed by atoms with E-state index in [-0.39, 0.29) is 5.91 Å². The molecule has 0 aliphatic carbocycles. The molecule has 0 fully saturated rings. The maximum absolute atomic E-state index is 12.3. The molecule has 0 radical (unpaired) electrons. The van der Waals surface area contributed by atoms with Gasteiger partial charge in [-0.05, 0) is 55.3 Å². The van der Waals surface area contributed by atoms with Crippen molar-refractivity contribution in [2.45, 2.75) is 13.8 Å². The van der Waals surface area contributed by atoms with E-state index in [1.54, 1.807) is 18.2 Å². The lowest BCUT2D eigenvalue weighted by atomic mass is 10.1. The van der Waals surface area contributed by atoms with Crippen LogP contribution in [-0.2, 0) is 0 Å². The summed E-state index contributed by atoms with van der Waals surface area (Å²) in [7, 11) is 0. The van der Waals surface area contributed by atoms with Gasteiger partial charge < -0.3 is 11.1 Å². The van der Waals surface area contributed by atoms with Crippen LogP contribution in [0.5, 0.6) is 0 Å². The van der Waals surface area contributed by atoms with Crippen LogP contribution >= 0.6 is 27.5 Å². The lowest BCUT2D eigenvalue weighted by Crippen LogP contribution is -2.14. The second-order valence-electron chi connectivity index (χ2n) is 4.61. The molecule has 20 heavy (non-hydrogen) atoms. The molecule has 0 bridgehead atoms. The average molecular weight is 354 g/mol. The maximum Gasteiger partial charge on any atom is 0.257 e. The number of nitrogen functional groups attached to an aromatic ring is 1. The van der Waals surface area contributed by atoms with E-state index >= 15 is 0 Å². The summed E-state index contributed by atoms with van der Waals surface area (Å²) in [4.78, 5) is 12.3. The van der Waals surface area contributed by atoms with E-state index in [1.165, 1.54) is 0 Å². The molecule has 1 amide bonds. The quantitative estimate of drug-likeness (QED) is 0.778. The first kappa shape index (κ1) is 14.9. The van der Waals surface area contributed by atoms with E-state index < -0.39 is 0 Å². The first-order valence-electron chi connectivity index (χ1n) is 6.01.